The number of hydrogen-bond acceptors (Lipinski definition) is 2. The highest BCUT2D eigenvalue weighted by Gasteiger charge is 2.51. The Balaban J connectivity index is 2.73. The van der Waals surface area contributed by atoms with Crippen molar-refractivity contribution in [2.75, 3.05) is 0 Å². The van der Waals surface area contributed by atoms with Gasteiger partial charge < -0.3 is 0 Å². The molecule has 0 bridgehead atoms. The van der Waals surface area contributed by atoms with Gasteiger partial charge in [-0.05, 0) is 12.0 Å². The first-order chi connectivity index (χ1) is 7.00. The fourth-order valence-electron chi connectivity index (χ4n) is 1.78. The number of aryl methyl sites for hydroxylation is 1. The van der Waals surface area contributed by atoms with Gasteiger partial charge in [-0.2, -0.15) is 0 Å². The van der Waals surface area contributed by atoms with Crippen LogP contribution in [0.2, 0.25) is 0 Å². The number of carbonyl (C=O) groups excluding carboxylic acids is 2. The molecule has 0 aromatic heterocycles. The standard InChI is InChI=1S/C11H8Cl2O2/c1-2-6-4-3-5-7-8(6)10(15)11(12,13)9(7)14/h3-5H,2H2,1H3. The molecule has 0 unspecified atom stereocenters. The summed E-state index contributed by atoms with van der Waals surface area (Å²) in [5, 5.41) is 0. The van der Waals surface area contributed by atoms with Gasteiger partial charge in [0.1, 0.15) is 0 Å². The molecule has 0 aliphatic heterocycles. The lowest BCUT2D eigenvalue weighted by atomic mass is 10.0. The van der Waals surface area contributed by atoms with E-state index in [-0.39, 0.29) is 0 Å². The molecule has 0 saturated carbocycles. The molecule has 0 radical (unpaired) electrons. The lowest BCUT2D eigenvalue weighted by Gasteiger charge is -2.06. The third-order valence-electron chi connectivity index (χ3n) is 2.57. The minimum atomic E-state index is -1.92. The molecule has 0 amide bonds. The van der Waals surface area contributed by atoms with Crippen LogP contribution in [0, 0.1) is 0 Å². The van der Waals surface area contributed by atoms with Gasteiger partial charge in [0.05, 0.1) is 0 Å². The average molecular weight is 243 g/mol. The highest BCUT2D eigenvalue weighted by molar-refractivity contribution is 6.73. The number of fused-ring (bicyclic) bond motifs is 1. The minimum Gasteiger partial charge on any atom is -0.290 e. The summed E-state index contributed by atoms with van der Waals surface area (Å²) in [5.74, 6) is -1.01. The molecule has 0 fully saturated rings. The summed E-state index contributed by atoms with van der Waals surface area (Å²) in [5.41, 5.74) is 1.54. The van der Waals surface area contributed by atoms with Crippen LogP contribution in [0.1, 0.15) is 33.2 Å². The Morgan fingerprint density at radius 2 is 1.87 bits per heavy atom. The molecule has 0 heterocycles. The quantitative estimate of drug-likeness (QED) is 0.561. The number of alkyl halides is 2. The maximum Gasteiger partial charge on any atom is 0.242 e. The van der Waals surface area contributed by atoms with E-state index in [1.165, 1.54) is 0 Å². The van der Waals surface area contributed by atoms with Gasteiger partial charge in [-0.25, -0.2) is 0 Å². The number of Topliss-reactive ketones (excluding diaryl/α,β-unsaturated/α-hetero) is 2. The maximum atomic E-state index is 11.8. The highest BCUT2D eigenvalue weighted by atomic mass is 35.5. The van der Waals surface area contributed by atoms with Crippen molar-refractivity contribution in [1.82, 2.24) is 0 Å². The Morgan fingerprint density at radius 3 is 2.47 bits per heavy atom. The number of benzene rings is 1. The predicted octanol–water partition coefficient (Wildman–Crippen LogP) is 2.80. The molecular formula is C11H8Cl2O2. The van der Waals surface area contributed by atoms with Gasteiger partial charge in [-0.1, -0.05) is 48.3 Å². The second-order valence-electron chi connectivity index (χ2n) is 3.43. The van der Waals surface area contributed by atoms with Crippen molar-refractivity contribution < 1.29 is 9.59 Å². The molecule has 1 aliphatic rings. The first-order valence-electron chi connectivity index (χ1n) is 4.59. The van der Waals surface area contributed by atoms with Crippen molar-refractivity contribution in [3.05, 3.63) is 34.9 Å². The Kier molecular flexibility index (Phi) is 2.36. The molecule has 0 atom stereocenters. The van der Waals surface area contributed by atoms with Crippen LogP contribution in [0.3, 0.4) is 0 Å². The van der Waals surface area contributed by atoms with Gasteiger partial charge in [0.15, 0.2) is 0 Å². The zero-order valence-corrected chi connectivity index (χ0v) is 9.52. The van der Waals surface area contributed by atoms with Gasteiger partial charge in [0.2, 0.25) is 15.9 Å². The largest absolute Gasteiger partial charge is 0.290 e. The summed E-state index contributed by atoms with van der Waals surface area (Å²) in [6.07, 6.45) is 0.673. The molecule has 0 N–H and O–H groups in total. The zero-order chi connectivity index (χ0) is 11.2. The van der Waals surface area contributed by atoms with Gasteiger partial charge in [-0.15, -0.1) is 0 Å². The summed E-state index contributed by atoms with van der Waals surface area (Å²) >= 11 is 11.5. The molecule has 1 aromatic carbocycles. The van der Waals surface area contributed by atoms with Crippen LogP contribution in [0.15, 0.2) is 18.2 Å². The van der Waals surface area contributed by atoms with E-state index in [1.807, 2.05) is 6.92 Å². The van der Waals surface area contributed by atoms with Crippen LogP contribution < -0.4 is 0 Å². The second-order valence-corrected chi connectivity index (χ2v) is 4.75. The molecule has 0 saturated heterocycles. The fraction of sp³-hybridized carbons (Fsp3) is 0.273. The Bertz CT molecular complexity index is 464. The van der Waals surface area contributed by atoms with Crippen LogP contribution in [-0.2, 0) is 6.42 Å². The lowest BCUT2D eigenvalue weighted by molar-refractivity contribution is 0.0908. The third-order valence-corrected chi connectivity index (χ3v) is 3.26. The van der Waals surface area contributed by atoms with Crippen molar-refractivity contribution in [3.63, 3.8) is 0 Å². The van der Waals surface area contributed by atoms with Gasteiger partial charge in [0.25, 0.3) is 0 Å². The van der Waals surface area contributed by atoms with Crippen LogP contribution in [-0.4, -0.2) is 15.9 Å². The molecule has 78 valence electrons. The zero-order valence-electron chi connectivity index (χ0n) is 8.01. The molecule has 0 spiro atoms. The number of halogens is 2. The smallest absolute Gasteiger partial charge is 0.242 e. The minimum absolute atomic E-state index is 0.337. The third kappa shape index (κ3) is 1.32. The van der Waals surface area contributed by atoms with Crippen LogP contribution >= 0.6 is 23.2 Å². The van der Waals surface area contributed by atoms with E-state index in [2.05, 4.69) is 0 Å². The van der Waals surface area contributed by atoms with E-state index in [9.17, 15) is 9.59 Å². The summed E-state index contributed by atoms with van der Waals surface area (Å²) in [4.78, 5) is 23.5. The molecule has 1 aromatic rings. The molecule has 2 rings (SSSR count). The van der Waals surface area contributed by atoms with E-state index >= 15 is 0 Å². The van der Waals surface area contributed by atoms with Crippen molar-refractivity contribution in [2.45, 2.75) is 17.7 Å². The van der Waals surface area contributed by atoms with Crippen LogP contribution in [0.4, 0.5) is 0 Å². The molecular weight excluding hydrogens is 235 g/mol. The Hall–Kier alpha value is -0.860. The summed E-state index contributed by atoms with van der Waals surface area (Å²) in [6, 6.07) is 5.12. The van der Waals surface area contributed by atoms with Gasteiger partial charge in [0, 0.05) is 11.1 Å². The van der Waals surface area contributed by atoms with Crippen molar-refractivity contribution in [2.24, 2.45) is 0 Å². The van der Waals surface area contributed by atoms with E-state index in [0.717, 1.165) is 5.56 Å². The topological polar surface area (TPSA) is 34.1 Å². The lowest BCUT2D eigenvalue weighted by Crippen LogP contribution is -2.27. The normalized spacial score (nSPS) is 18.1. The summed E-state index contributed by atoms with van der Waals surface area (Å²) in [6.45, 7) is 1.91. The number of ketones is 2. The van der Waals surface area contributed by atoms with Crippen molar-refractivity contribution >= 4 is 34.8 Å². The number of rotatable bonds is 1. The second kappa shape index (κ2) is 3.32. The van der Waals surface area contributed by atoms with Crippen molar-refractivity contribution in [3.8, 4) is 0 Å². The fourth-order valence-corrected chi connectivity index (χ4v) is 2.17. The Morgan fingerprint density at radius 1 is 1.20 bits per heavy atom. The van der Waals surface area contributed by atoms with E-state index in [4.69, 9.17) is 23.2 Å². The average Bonchev–Trinajstić information content (AvgIpc) is 2.41. The number of hydrogen-bond donors (Lipinski definition) is 0. The van der Waals surface area contributed by atoms with Crippen LogP contribution in [0.5, 0.6) is 0 Å². The van der Waals surface area contributed by atoms with E-state index < -0.39 is 15.9 Å². The Labute approximate surface area is 97.2 Å². The monoisotopic (exact) mass is 242 g/mol. The first kappa shape index (κ1) is 10.7. The predicted molar refractivity (Wildman–Crippen MR) is 58.9 cm³/mol. The molecule has 2 nitrogen and oxygen atoms in total. The van der Waals surface area contributed by atoms with Crippen LogP contribution in [0.25, 0.3) is 0 Å². The summed E-state index contributed by atoms with van der Waals surface area (Å²) < 4.78 is -1.92. The van der Waals surface area contributed by atoms with Crippen molar-refractivity contribution in [1.29, 1.82) is 0 Å². The van der Waals surface area contributed by atoms with Gasteiger partial charge >= 0.3 is 0 Å². The van der Waals surface area contributed by atoms with Gasteiger partial charge in [-0.3, -0.25) is 9.59 Å². The SMILES string of the molecule is CCc1cccc2c1C(=O)C(Cl)(Cl)C2=O. The molecule has 1 aliphatic carbocycles. The molecule has 15 heavy (non-hydrogen) atoms. The van der Waals surface area contributed by atoms with E-state index in [1.54, 1.807) is 18.2 Å². The van der Waals surface area contributed by atoms with E-state index in [0.29, 0.717) is 17.5 Å². The highest BCUT2D eigenvalue weighted by Crippen LogP contribution is 2.39. The molecule has 4 heteroatoms. The number of carbonyl (C=O) groups is 2. The first-order valence-corrected chi connectivity index (χ1v) is 5.35. The summed E-state index contributed by atoms with van der Waals surface area (Å²) in [7, 11) is 0. The maximum absolute atomic E-state index is 11.8.